The Bertz CT molecular complexity index is 800. The van der Waals surface area contributed by atoms with Gasteiger partial charge in [0.25, 0.3) is 0 Å². The molecule has 2 heterocycles. The highest BCUT2D eigenvalue weighted by Crippen LogP contribution is 2.41. The van der Waals surface area contributed by atoms with Crippen LogP contribution in [0.4, 0.5) is 0 Å². The number of nitrogens with one attached hydrogen (secondary N) is 3. The Morgan fingerprint density at radius 1 is 1.34 bits per heavy atom. The van der Waals surface area contributed by atoms with E-state index in [1.54, 1.807) is 0 Å². The Morgan fingerprint density at radius 3 is 2.83 bits per heavy atom. The van der Waals surface area contributed by atoms with Crippen molar-refractivity contribution >= 4 is 17.8 Å². The van der Waals surface area contributed by atoms with Crippen LogP contribution in [0.5, 0.6) is 5.75 Å². The lowest BCUT2D eigenvalue weighted by Crippen LogP contribution is -2.62. The number of amides is 2. The van der Waals surface area contributed by atoms with Crippen molar-refractivity contribution in [3.8, 4) is 5.75 Å². The Morgan fingerprint density at radius 2 is 2.10 bits per heavy atom. The van der Waals surface area contributed by atoms with Crippen LogP contribution in [0.2, 0.25) is 0 Å². The zero-order valence-corrected chi connectivity index (χ0v) is 17.2. The van der Waals surface area contributed by atoms with E-state index in [2.05, 4.69) is 10.6 Å². The number of rotatable bonds is 6. The maximum atomic E-state index is 12.8. The maximum absolute atomic E-state index is 12.8. The third-order valence-electron chi connectivity index (χ3n) is 6.75. The molecule has 7 heteroatoms. The van der Waals surface area contributed by atoms with E-state index in [0.717, 1.165) is 37.0 Å². The van der Waals surface area contributed by atoms with Crippen LogP contribution in [-0.2, 0) is 9.59 Å². The van der Waals surface area contributed by atoms with Crippen LogP contribution in [0.3, 0.4) is 0 Å². The number of ether oxygens (including phenoxy) is 1. The molecular weight excluding hydrogens is 368 g/mol. The van der Waals surface area contributed by atoms with E-state index in [4.69, 9.17) is 10.1 Å². The van der Waals surface area contributed by atoms with Gasteiger partial charge in [-0.25, -0.2) is 0 Å². The first-order valence-electron chi connectivity index (χ1n) is 10.7. The first kappa shape index (κ1) is 19.7. The lowest BCUT2D eigenvalue weighted by Gasteiger charge is -2.42. The summed E-state index contributed by atoms with van der Waals surface area (Å²) in [6.45, 7) is 5.12. The van der Waals surface area contributed by atoms with Crippen molar-refractivity contribution in [2.75, 3.05) is 13.2 Å². The van der Waals surface area contributed by atoms with Gasteiger partial charge in [-0.3, -0.25) is 19.9 Å². The second kappa shape index (κ2) is 7.69. The van der Waals surface area contributed by atoms with Crippen LogP contribution < -0.4 is 15.4 Å². The van der Waals surface area contributed by atoms with Gasteiger partial charge in [-0.05, 0) is 31.2 Å². The minimum Gasteiger partial charge on any atom is -0.493 e. The van der Waals surface area contributed by atoms with Gasteiger partial charge in [-0.2, -0.15) is 0 Å². The molecular formula is C22H30N4O3. The molecule has 1 aromatic carbocycles. The number of fused-ring (bicyclic) bond motifs is 1. The zero-order valence-electron chi connectivity index (χ0n) is 17.2. The Kier molecular flexibility index (Phi) is 5.23. The van der Waals surface area contributed by atoms with Gasteiger partial charge in [0.2, 0.25) is 11.8 Å². The van der Waals surface area contributed by atoms with Crippen LogP contribution in [-0.4, -0.2) is 41.4 Å². The molecule has 1 aliphatic carbocycles. The summed E-state index contributed by atoms with van der Waals surface area (Å²) in [6, 6.07) is 7.79. The molecule has 4 rings (SSSR count). The number of hydrogen-bond acceptors (Lipinski definition) is 4. The average molecular weight is 399 g/mol. The van der Waals surface area contributed by atoms with Gasteiger partial charge < -0.3 is 15.4 Å². The lowest BCUT2D eigenvalue weighted by atomic mass is 9.87. The molecule has 2 fully saturated rings. The van der Waals surface area contributed by atoms with E-state index in [1.807, 2.05) is 38.1 Å². The van der Waals surface area contributed by atoms with Crippen molar-refractivity contribution in [1.82, 2.24) is 15.5 Å². The zero-order chi connectivity index (χ0) is 20.6. The van der Waals surface area contributed by atoms with Crippen molar-refractivity contribution < 1.29 is 14.3 Å². The van der Waals surface area contributed by atoms with Gasteiger partial charge in [0.05, 0.1) is 19.1 Å². The molecule has 1 aromatic rings. The van der Waals surface area contributed by atoms with Gasteiger partial charge >= 0.3 is 0 Å². The molecule has 1 saturated carbocycles. The molecule has 0 bridgehead atoms. The van der Waals surface area contributed by atoms with Gasteiger partial charge in [-0.15, -0.1) is 0 Å². The van der Waals surface area contributed by atoms with Gasteiger partial charge in [0.1, 0.15) is 5.75 Å². The van der Waals surface area contributed by atoms with Crippen LogP contribution >= 0.6 is 0 Å². The number of nitrogens with zero attached hydrogens (tertiary/aromatic N) is 1. The van der Waals surface area contributed by atoms with Crippen molar-refractivity contribution in [1.29, 1.82) is 5.41 Å². The predicted octanol–water partition coefficient (Wildman–Crippen LogP) is 2.58. The fraction of sp³-hybridized carbons (Fsp3) is 0.591. The molecule has 0 spiro atoms. The van der Waals surface area contributed by atoms with Crippen LogP contribution in [0.15, 0.2) is 24.3 Å². The smallest absolute Gasteiger partial charge is 0.231 e. The first-order chi connectivity index (χ1) is 14.0. The summed E-state index contributed by atoms with van der Waals surface area (Å²) in [4.78, 5) is 27.0. The number of carbonyl (C=O) groups is 2. The highest BCUT2D eigenvalue weighted by atomic mass is 16.5. The van der Waals surface area contributed by atoms with Crippen molar-refractivity contribution in [2.45, 2.75) is 57.5 Å². The summed E-state index contributed by atoms with van der Waals surface area (Å²) in [5.74, 6) is 1.07. The van der Waals surface area contributed by atoms with E-state index in [-0.39, 0.29) is 41.2 Å². The molecule has 3 N–H and O–H groups in total. The van der Waals surface area contributed by atoms with Crippen molar-refractivity contribution in [3.05, 3.63) is 29.8 Å². The second-order valence-electron chi connectivity index (χ2n) is 8.48. The van der Waals surface area contributed by atoms with Crippen LogP contribution in [0.25, 0.3) is 0 Å². The monoisotopic (exact) mass is 398 g/mol. The highest BCUT2D eigenvalue weighted by Gasteiger charge is 2.47. The topological polar surface area (TPSA) is 94.5 Å². The van der Waals surface area contributed by atoms with E-state index < -0.39 is 0 Å². The quantitative estimate of drug-likeness (QED) is 0.686. The van der Waals surface area contributed by atoms with Gasteiger partial charge in [0, 0.05) is 30.0 Å². The fourth-order valence-electron chi connectivity index (χ4n) is 4.52. The lowest BCUT2D eigenvalue weighted by molar-refractivity contribution is -0.131. The Hall–Kier alpha value is -2.57. The third-order valence-corrected chi connectivity index (χ3v) is 6.75. The van der Waals surface area contributed by atoms with E-state index >= 15 is 0 Å². The summed E-state index contributed by atoms with van der Waals surface area (Å²) in [7, 11) is 0. The molecule has 0 aromatic heterocycles. The Balaban J connectivity index is 1.33. The van der Waals surface area contributed by atoms with Crippen LogP contribution in [0, 0.1) is 17.2 Å². The third kappa shape index (κ3) is 3.82. The molecule has 2 amide bonds. The maximum Gasteiger partial charge on any atom is 0.231 e. The van der Waals surface area contributed by atoms with Crippen molar-refractivity contribution in [3.63, 3.8) is 0 Å². The molecule has 156 valence electrons. The molecule has 0 radical (unpaired) electrons. The fourth-order valence-corrected chi connectivity index (χ4v) is 4.52. The minimum absolute atomic E-state index is 0.0122. The molecule has 1 saturated heterocycles. The number of benzene rings is 1. The number of para-hydroxylation sites is 1. The van der Waals surface area contributed by atoms with E-state index in [9.17, 15) is 9.59 Å². The van der Waals surface area contributed by atoms with Crippen LogP contribution in [0.1, 0.15) is 57.6 Å². The SMILES string of the molecule is CCC1(CC)CC(=O)N(C[C@H]2C[C@@H]2C(=O)N[C@H]2CCOc3ccccc32)C(=N)N1. The average Bonchev–Trinajstić information content (AvgIpc) is 3.50. The summed E-state index contributed by atoms with van der Waals surface area (Å²) >= 11 is 0. The Labute approximate surface area is 171 Å². The predicted molar refractivity (Wildman–Crippen MR) is 110 cm³/mol. The van der Waals surface area contributed by atoms with E-state index in [1.165, 1.54) is 4.90 Å². The minimum atomic E-state index is -0.304. The molecule has 2 aliphatic heterocycles. The summed E-state index contributed by atoms with van der Waals surface area (Å²) in [6.07, 6.45) is 3.56. The second-order valence-corrected chi connectivity index (χ2v) is 8.48. The largest absolute Gasteiger partial charge is 0.493 e. The normalized spacial score (nSPS) is 27.5. The summed E-state index contributed by atoms with van der Waals surface area (Å²) in [5.41, 5.74) is 0.721. The molecule has 3 aliphatic rings. The summed E-state index contributed by atoms with van der Waals surface area (Å²) < 4.78 is 5.67. The molecule has 3 atom stereocenters. The van der Waals surface area contributed by atoms with Gasteiger partial charge in [-0.1, -0.05) is 32.0 Å². The van der Waals surface area contributed by atoms with E-state index in [0.29, 0.717) is 19.6 Å². The number of guanidine groups is 1. The standard InChI is InChI=1S/C22H30N4O3/c1-3-22(4-2)12-19(27)26(21(23)25-22)13-14-11-16(14)20(28)24-17-9-10-29-18-8-6-5-7-15(17)18/h5-8,14,16-17H,3-4,9-13H2,1-2H3,(H2,23,25)(H,24,28)/t14-,16+,17+/m1/s1. The van der Waals surface area contributed by atoms with Gasteiger partial charge in [0.15, 0.2) is 5.96 Å². The molecule has 29 heavy (non-hydrogen) atoms. The number of carbonyl (C=O) groups excluding carboxylic acids is 2. The summed E-state index contributed by atoms with van der Waals surface area (Å²) in [5, 5.41) is 14.7. The first-order valence-corrected chi connectivity index (χ1v) is 10.7. The highest BCUT2D eigenvalue weighted by molar-refractivity contribution is 5.99. The van der Waals surface area contributed by atoms with Crippen molar-refractivity contribution in [2.24, 2.45) is 11.8 Å². The molecule has 7 nitrogen and oxygen atoms in total. The molecule has 0 unspecified atom stereocenters. The number of hydrogen-bond donors (Lipinski definition) is 3.